The monoisotopic (exact) mass is 362 g/mol. The van der Waals surface area contributed by atoms with Crippen molar-refractivity contribution in [2.45, 2.75) is 6.92 Å². The summed E-state index contributed by atoms with van der Waals surface area (Å²) in [5.74, 6) is -2.15. The Morgan fingerprint density at radius 3 is 2.38 bits per heavy atom. The number of pyridine rings is 1. The summed E-state index contributed by atoms with van der Waals surface area (Å²) >= 11 is 0. The lowest BCUT2D eigenvalue weighted by atomic mass is 10.1. The van der Waals surface area contributed by atoms with Crippen LogP contribution in [0.1, 0.15) is 21.5 Å². The lowest BCUT2D eigenvalue weighted by Gasteiger charge is -2.19. The molecule has 0 spiro atoms. The zero-order valence-electron chi connectivity index (χ0n) is 14.9. The number of anilines is 3. The number of nitrogen functional groups attached to an aromatic ring is 1. The maximum atomic E-state index is 14.4. The molecule has 7 nitrogen and oxygen atoms in total. The Balaban J connectivity index is 2.57. The fraction of sp³-hybridized carbons (Fsp3) is 0.235. The fourth-order valence-corrected chi connectivity index (χ4v) is 2.47. The summed E-state index contributed by atoms with van der Waals surface area (Å²) in [6.45, 7) is 1.63. The molecular formula is C17H20F2N6O. The summed E-state index contributed by atoms with van der Waals surface area (Å²) in [6.07, 6.45) is 0. The minimum Gasteiger partial charge on any atom is -0.381 e. The van der Waals surface area contributed by atoms with E-state index in [9.17, 15) is 13.6 Å². The number of aromatic nitrogens is 1. The van der Waals surface area contributed by atoms with E-state index in [1.807, 2.05) is 0 Å². The number of nitrogens with two attached hydrogens (primary N) is 2. The van der Waals surface area contributed by atoms with Gasteiger partial charge in [0.25, 0.3) is 5.91 Å². The molecule has 1 heterocycles. The van der Waals surface area contributed by atoms with E-state index in [0.29, 0.717) is 17.0 Å². The predicted molar refractivity (Wildman–Crippen MR) is 97.7 cm³/mol. The summed E-state index contributed by atoms with van der Waals surface area (Å²) in [5.41, 5.74) is 11.8. The number of nitrogens with one attached hydrogen (secondary N) is 1. The molecule has 2 aromatic rings. The first-order valence-electron chi connectivity index (χ1n) is 7.63. The highest BCUT2D eigenvalue weighted by Gasteiger charge is 2.17. The van der Waals surface area contributed by atoms with E-state index in [-0.39, 0.29) is 17.1 Å². The third-order valence-electron chi connectivity index (χ3n) is 3.75. The van der Waals surface area contributed by atoms with Crippen molar-refractivity contribution >= 4 is 29.1 Å². The van der Waals surface area contributed by atoms with Gasteiger partial charge < -0.3 is 21.7 Å². The number of rotatable bonds is 4. The van der Waals surface area contributed by atoms with Crippen LogP contribution in [0.3, 0.4) is 0 Å². The molecule has 1 amide bonds. The van der Waals surface area contributed by atoms with Crippen molar-refractivity contribution in [2.24, 2.45) is 10.7 Å². The molecule has 138 valence electrons. The Hall–Kier alpha value is -3.23. The average Bonchev–Trinajstić information content (AvgIpc) is 2.55. The Kier molecular flexibility index (Phi) is 5.39. The molecule has 0 atom stereocenters. The van der Waals surface area contributed by atoms with E-state index in [1.165, 1.54) is 6.07 Å². The summed E-state index contributed by atoms with van der Waals surface area (Å²) < 4.78 is 28.0. The number of halogens is 2. The van der Waals surface area contributed by atoms with Crippen molar-refractivity contribution in [3.8, 4) is 0 Å². The molecule has 0 aliphatic carbocycles. The van der Waals surface area contributed by atoms with Crippen LogP contribution in [-0.2, 0) is 0 Å². The van der Waals surface area contributed by atoms with Gasteiger partial charge in [-0.05, 0) is 30.7 Å². The number of primary amides is 1. The third-order valence-corrected chi connectivity index (χ3v) is 3.75. The van der Waals surface area contributed by atoms with E-state index in [2.05, 4.69) is 15.3 Å². The molecule has 0 aliphatic rings. The Morgan fingerprint density at radius 2 is 1.85 bits per heavy atom. The predicted octanol–water partition coefficient (Wildman–Crippen LogP) is 2.03. The molecule has 5 N–H and O–H groups in total. The number of nitrogens with zero attached hydrogens (tertiary/aromatic N) is 3. The second-order valence-corrected chi connectivity index (χ2v) is 5.81. The summed E-state index contributed by atoms with van der Waals surface area (Å²) in [5, 5.41) is 2.78. The van der Waals surface area contributed by atoms with Gasteiger partial charge in [-0.25, -0.2) is 13.8 Å². The molecule has 0 unspecified atom stereocenters. The van der Waals surface area contributed by atoms with Crippen LogP contribution >= 0.6 is 0 Å². The molecule has 26 heavy (non-hydrogen) atoms. The molecule has 0 radical (unpaired) electrons. The number of hydrogen-bond acceptors (Lipinski definition) is 5. The van der Waals surface area contributed by atoms with Crippen LogP contribution in [0.25, 0.3) is 0 Å². The second kappa shape index (κ2) is 7.34. The minimum absolute atomic E-state index is 0.0644. The van der Waals surface area contributed by atoms with Crippen LogP contribution < -0.4 is 16.8 Å². The maximum absolute atomic E-state index is 14.4. The number of aliphatic imine (C=N–C) groups is 1. The van der Waals surface area contributed by atoms with Crippen LogP contribution in [0.5, 0.6) is 0 Å². The van der Waals surface area contributed by atoms with E-state index in [1.54, 1.807) is 39.0 Å². The minimum atomic E-state index is -0.893. The molecule has 1 aromatic carbocycles. The van der Waals surface area contributed by atoms with Gasteiger partial charge in [-0.15, -0.1) is 0 Å². The van der Waals surface area contributed by atoms with Gasteiger partial charge in [0, 0.05) is 32.4 Å². The first-order chi connectivity index (χ1) is 12.1. The van der Waals surface area contributed by atoms with Crippen molar-refractivity contribution in [2.75, 3.05) is 32.2 Å². The summed E-state index contributed by atoms with van der Waals surface area (Å²) in [7, 11) is 5.17. The van der Waals surface area contributed by atoms with Gasteiger partial charge in [-0.1, -0.05) is 0 Å². The fourth-order valence-electron chi connectivity index (χ4n) is 2.47. The van der Waals surface area contributed by atoms with Crippen molar-refractivity contribution in [1.82, 2.24) is 9.88 Å². The van der Waals surface area contributed by atoms with Crippen molar-refractivity contribution in [3.05, 3.63) is 46.5 Å². The molecule has 2 rings (SSSR count). The zero-order valence-corrected chi connectivity index (χ0v) is 14.9. The quantitative estimate of drug-likeness (QED) is 0.569. The van der Waals surface area contributed by atoms with Gasteiger partial charge in [-0.2, -0.15) is 0 Å². The van der Waals surface area contributed by atoms with E-state index < -0.39 is 23.4 Å². The molecular weight excluding hydrogens is 342 g/mol. The number of benzene rings is 1. The van der Waals surface area contributed by atoms with E-state index >= 15 is 0 Å². The van der Waals surface area contributed by atoms with E-state index in [0.717, 1.165) is 6.07 Å². The summed E-state index contributed by atoms with van der Waals surface area (Å²) in [6, 6.07) is 3.76. The normalized spacial score (nSPS) is 11.4. The average molecular weight is 362 g/mol. The Bertz CT molecular complexity index is 895. The highest BCUT2D eigenvalue weighted by atomic mass is 19.1. The third kappa shape index (κ3) is 3.71. The SMILES string of the molecule is CN=C(c1cc(Nc2nc(N)c(F)cc2C(N)=O)cc(F)c1C)N(C)C. The van der Waals surface area contributed by atoms with Crippen LogP contribution in [0, 0.1) is 18.6 Å². The molecule has 0 fully saturated rings. The first kappa shape index (κ1) is 19.1. The van der Waals surface area contributed by atoms with Gasteiger partial charge in [-0.3, -0.25) is 9.79 Å². The number of amides is 1. The summed E-state index contributed by atoms with van der Waals surface area (Å²) in [4.78, 5) is 21.3. The van der Waals surface area contributed by atoms with E-state index in [4.69, 9.17) is 11.5 Å². The molecule has 9 heteroatoms. The van der Waals surface area contributed by atoms with Crippen molar-refractivity contribution < 1.29 is 13.6 Å². The standard InChI is InChI=1S/C17H20F2N6O/c1-8-10(17(22-2)25(3)4)5-9(6-12(8)18)23-16-11(15(21)26)7-13(19)14(20)24-16/h5-7H,1-4H3,(H2,21,26)(H3,20,23,24). The second-order valence-electron chi connectivity index (χ2n) is 5.81. The lowest BCUT2D eigenvalue weighted by molar-refractivity contribution is 0.100. The smallest absolute Gasteiger partial charge is 0.252 e. The topological polar surface area (TPSA) is 110 Å². The first-order valence-corrected chi connectivity index (χ1v) is 7.63. The highest BCUT2D eigenvalue weighted by Crippen LogP contribution is 2.26. The largest absolute Gasteiger partial charge is 0.381 e. The van der Waals surface area contributed by atoms with Gasteiger partial charge in [0.1, 0.15) is 17.5 Å². The molecule has 0 bridgehead atoms. The zero-order chi connectivity index (χ0) is 19.6. The maximum Gasteiger partial charge on any atom is 0.252 e. The van der Waals surface area contributed by atoms with Gasteiger partial charge >= 0.3 is 0 Å². The van der Waals surface area contributed by atoms with Crippen LogP contribution in [-0.4, -0.2) is 42.8 Å². The number of carbonyl (C=O) groups excluding carboxylic acids is 1. The number of carbonyl (C=O) groups is 1. The van der Waals surface area contributed by atoms with Crippen LogP contribution in [0.4, 0.5) is 26.1 Å². The van der Waals surface area contributed by atoms with Crippen LogP contribution in [0.2, 0.25) is 0 Å². The number of hydrogen-bond donors (Lipinski definition) is 3. The van der Waals surface area contributed by atoms with Crippen LogP contribution in [0.15, 0.2) is 23.2 Å². The Morgan fingerprint density at radius 1 is 1.19 bits per heavy atom. The lowest BCUT2D eigenvalue weighted by Crippen LogP contribution is -2.24. The molecule has 0 saturated carbocycles. The van der Waals surface area contributed by atoms with Gasteiger partial charge in [0.15, 0.2) is 11.6 Å². The molecule has 0 aliphatic heterocycles. The molecule has 1 aromatic heterocycles. The Labute approximate surface area is 149 Å². The van der Waals surface area contributed by atoms with Crippen molar-refractivity contribution in [1.29, 1.82) is 0 Å². The highest BCUT2D eigenvalue weighted by molar-refractivity contribution is 6.01. The van der Waals surface area contributed by atoms with Crippen molar-refractivity contribution in [3.63, 3.8) is 0 Å². The number of amidine groups is 1. The molecule has 0 saturated heterocycles. The van der Waals surface area contributed by atoms with Gasteiger partial charge in [0.2, 0.25) is 0 Å². The van der Waals surface area contributed by atoms with Gasteiger partial charge in [0.05, 0.1) is 5.56 Å².